The standard InChI is InChI=1S/C13H23N3O3/c1-13(2,3)19-12(18)16-8-10(11(17)9-16)15(4)7-5-6-14/h10-11,17H,5,7-9H2,1-4H3/t10-,11-/m1/s1. The first-order chi connectivity index (χ1) is 8.74. The number of nitriles is 1. The van der Waals surface area contributed by atoms with Crippen LogP contribution >= 0.6 is 0 Å². The van der Waals surface area contributed by atoms with Crippen LogP contribution in [0.25, 0.3) is 0 Å². The summed E-state index contributed by atoms with van der Waals surface area (Å²) >= 11 is 0. The van der Waals surface area contributed by atoms with E-state index in [1.165, 1.54) is 4.90 Å². The van der Waals surface area contributed by atoms with Gasteiger partial charge in [0.2, 0.25) is 0 Å². The SMILES string of the molecule is CN(CCC#N)[C@@H]1CN(C(=O)OC(C)(C)C)C[C@H]1O. The Morgan fingerprint density at radius 1 is 1.53 bits per heavy atom. The van der Waals surface area contributed by atoms with Crippen molar-refractivity contribution < 1.29 is 14.6 Å². The van der Waals surface area contributed by atoms with Gasteiger partial charge in [-0.3, -0.25) is 4.90 Å². The molecule has 6 nitrogen and oxygen atoms in total. The molecule has 1 aliphatic heterocycles. The van der Waals surface area contributed by atoms with Crippen LogP contribution in [-0.4, -0.2) is 65.4 Å². The molecular weight excluding hydrogens is 246 g/mol. The molecule has 0 radical (unpaired) electrons. The summed E-state index contributed by atoms with van der Waals surface area (Å²) in [6, 6.07) is 1.94. The summed E-state index contributed by atoms with van der Waals surface area (Å²) in [6.45, 7) is 6.73. The van der Waals surface area contributed by atoms with E-state index in [1.54, 1.807) is 0 Å². The number of likely N-dealkylation sites (N-methyl/N-ethyl adjacent to an activating group) is 1. The second-order valence-corrected chi connectivity index (χ2v) is 5.91. The summed E-state index contributed by atoms with van der Waals surface area (Å²) in [4.78, 5) is 15.3. The number of hydrogen-bond acceptors (Lipinski definition) is 5. The third-order valence-corrected chi connectivity index (χ3v) is 3.05. The second kappa shape index (κ2) is 6.22. The van der Waals surface area contributed by atoms with E-state index >= 15 is 0 Å². The predicted octanol–water partition coefficient (Wildman–Crippen LogP) is 0.812. The number of amides is 1. The molecular formula is C13H23N3O3. The molecule has 0 saturated carbocycles. The molecule has 6 heteroatoms. The number of aliphatic hydroxyl groups excluding tert-OH is 1. The number of ether oxygens (including phenoxy) is 1. The fourth-order valence-corrected chi connectivity index (χ4v) is 2.07. The van der Waals surface area contributed by atoms with Crippen LogP contribution < -0.4 is 0 Å². The van der Waals surface area contributed by atoms with E-state index in [0.29, 0.717) is 19.5 Å². The average molecular weight is 269 g/mol. The van der Waals surface area contributed by atoms with E-state index in [0.717, 1.165) is 0 Å². The number of β-amino-alcohol motifs (C(OH)–C–C–N with tert-alkyl or cyclic N) is 1. The second-order valence-electron chi connectivity index (χ2n) is 5.91. The monoisotopic (exact) mass is 269 g/mol. The van der Waals surface area contributed by atoms with Gasteiger partial charge in [0.15, 0.2) is 0 Å². The molecule has 19 heavy (non-hydrogen) atoms. The van der Waals surface area contributed by atoms with Gasteiger partial charge >= 0.3 is 6.09 Å². The number of nitrogens with zero attached hydrogens (tertiary/aromatic N) is 3. The van der Waals surface area contributed by atoms with Crippen LogP contribution in [0, 0.1) is 11.3 Å². The van der Waals surface area contributed by atoms with Crippen molar-refractivity contribution in [1.82, 2.24) is 9.80 Å². The van der Waals surface area contributed by atoms with Crippen LogP contribution in [0.2, 0.25) is 0 Å². The highest BCUT2D eigenvalue weighted by Gasteiger charge is 2.37. The first kappa shape index (κ1) is 15.7. The molecule has 0 unspecified atom stereocenters. The van der Waals surface area contributed by atoms with E-state index in [1.807, 2.05) is 32.7 Å². The normalized spacial score (nSPS) is 23.5. The minimum atomic E-state index is -0.601. The minimum absolute atomic E-state index is 0.138. The van der Waals surface area contributed by atoms with Gasteiger partial charge in [-0.2, -0.15) is 5.26 Å². The first-order valence-electron chi connectivity index (χ1n) is 6.48. The minimum Gasteiger partial charge on any atom is -0.444 e. The van der Waals surface area contributed by atoms with Gasteiger partial charge in [-0.05, 0) is 27.8 Å². The number of aliphatic hydroxyl groups is 1. The number of rotatable bonds is 3. The number of carbonyl (C=O) groups excluding carboxylic acids is 1. The maximum Gasteiger partial charge on any atom is 0.410 e. The third-order valence-electron chi connectivity index (χ3n) is 3.05. The highest BCUT2D eigenvalue weighted by molar-refractivity contribution is 5.68. The van der Waals surface area contributed by atoms with Crippen molar-refractivity contribution in [2.24, 2.45) is 0 Å². The average Bonchev–Trinajstić information content (AvgIpc) is 2.66. The molecule has 1 heterocycles. The Hall–Kier alpha value is -1.32. The summed E-state index contributed by atoms with van der Waals surface area (Å²) in [5.74, 6) is 0. The molecule has 2 atom stereocenters. The van der Waals surface area contributed by atoms with Crippen molar-refractivity contribution in [3.8, 4) is 6.07 Å². The van der Waals surface area contributed by atoms with Gasteiger partial charge < -0.3 is 14.7 Å². The van der Waals surface area contributed by atoms with Crippen LogP contribution in [0.15, 0.2) is 0 Å². The van der Waals surface area contributed by atoms with E-state index in [-0.39, 0.29) is 12.6 Å². The molecule has 1 aliphatic rings. The van der Waals surface area contributed by atoms with Crippen molar-refractivity contribution in [2.45, 2.75) is 44.9 Å². The van der Waals surface area contributed by atoms with Gasteiger partial charge in [0, 0.05) is 19.5 Å². The van der Waals surface area contributed by atoms with Gasteiger partial charge in [0.25, 0.3) is 0 Å². The Morgan fingerprint density at radius 2 is 2.16 bits per heavy atom. The molecule has 1 rings (SSSR count). The Kier molecular flexibility index (Phi) is 5.15. The summed E-state index contributed by atoms with van der Waals surface area (Å²) in [5, 5.41) is 18.6. The Morgan fingerprint density at radius 3 is 2.68 bits per heavy atom. The van der Waals surface area contributed by atoms with Crippen molar-refractivity contribution in [3.05, 3.63) is 0 Å². The summed E-state index contributed by atoms with van der Waals surface area (Å²) in [5.41, 5.74) is -0.535. The summed E-state index contributed by atoms with van der Waals surface area (Å²) < 4.78 is 5.28. The zero-order valence-corrected chi connectivity index (χ0v) is 12.1. The smallest absolute Gasteiger partial charge is 0.410 e. The zero-order valence-electron chi connectivity index (χ0n) is 12.1. The Labute approximate surface area is 114 Å². The van der Waals surface area contributed by atoms with Crippen LogP contribution in [0.4, 0.5) is 4.79 Å². The van der Waals surface area contributed by atoms with E-state index in [2.05, 4.69) is 6.07 Å². The summed E-state index contributed by atoms with van der Waals surface area (Å²) in [6.07, 6.45) is -0.592. The topological polar surface area (TPSA) is 76.8 Å². The number of carbonyl (C=O) groups is 1. The first-order valence-corrected chi connectivity index (χ1v) is 6.48. The lowest BCUT2D eigenvalue weighted by atomic mass is 10.2. The molecule has 1 saturated heterocycles. The number of hydrogen-bond donors (Lipinski definition) is 1. The van der Waals surface area contributed by atoms with Gasteiger partial charge in [-0.15, -0.1) is 0 Å². The largest absolute Gasteiger partial charge is 0.444 e. The van der Waals surface area contributed by atoms with Gasteiger partial charge in [0.1, 0.15) is 5.60 Å². The fraction of sp³-hybridized carbons (Fsp3) is 0.846. The third kappa shape index (κ3) is 4.69. The molecule has 0 aromatic rings. The molecule has 1 N–H and O–H groups in total. The van der Waals surface area contributed by atoms with Crippen LogP contribution in [-0.2, 0) is 4.74 Å². The van der Waals surface area contributed by atoms with Crippen molar-refractivity contribution in [2.75, 3.05) is 26.7 Å². The molecule has 0 spiro atoms. The molecule has 0 aliphatic carbocycles. The molecule has 0 aromatic carbocycles. The lowest BCUT2D eigenvalue weighted by Crippen LogP contribution is -2.41. The van der Waals surface area contributed by atoms with E-state index in [4.69, 9.17) is 10.00 Å². The van der Waals surface area contributed by atoms with Crippen molar-refractivity contribution >= 4 is 6.09 Å². The van der Waals surface area contributed by atoms with Gasteiger partial charge in [-0.25, -0.2) is 4.79 Å². The molecule has 0 bridgehead atoms. The predicted molar refractivity (Wildman–Crippen MR) is 70.5 cm³/mol. The van der Waals surface area contributed by atoms with E-state index < -0.39 is 17.8 Å². The Balaban J connectivity index is 2.55. The highest BCUT2D eigenvalue weighted by atomic mass is 16.6. The van der Waals surface area contributed by atoms with Gasteiger partial charge in [0.05, 0.1) is 24.8 Å². The lowest BCUT2D eigenvalue weighted by Gasteiger charge is -2.26. The van der Waals surface area contributed by atoms with Crippen LogP contribution in [0.1, 0.15) is 27.2 Å². The lowest BCUT2D eigenvalue weighted by molar-refractivity contribution is 0.0269. The molecule has 1 amide bonds. The van der Waals surface area contributed by atoms with Gasteiger partial charge in [-0.1, -0.05) is 0 Å². The molecule has 1 fully saturated rings. The van der Waals surface area contributed by atoms with E-state index in [9.17, 15) is 9.90 Å². The maximum absolute atomic E-state index is 11.9. The molecule has 0 aromatic heterocycles. The van der Waals surface area contributed by atoms with Crippen LogP contribution in [0.5, 0.6) is 0 Å². The van der Waals surface area contributed by atoms with Crippen molar-refractivity contribution in [1.29, 1.82) is 5.26 Å². The fourth-order valence-electron chi connectivity index (χ4n) is 2.07. The van der Waals surface area contributed by atoms with Crippen molar-refractivity contribution in [3.63, 3.8) is 0 Å². The summed E-state index contributed by atoms with van der Waals surface area (Å²) in [7, 11) is 1.85. The zero-order chi connectivity index (χ0) is 14.6. The maximum atomic E-state index is 11.9. The van der Waals surface area contributed by atoms with Crippen LogP contribution in [0.3, 0.4) is 0 Å². The highest BCUT2D eigenvalue weighted by Crippen LogP contribution is 2.18. The number of likely N-dealkylation sites (tertiary alicyclic amines) is 1. The molecule has 108 valence electrons. The Bertz CT molecular complexity index is 359. The quantitative estimate of drug-likeness (QED) is 0.820.